The zero-order chi connectivity index (χ0) is 26.8. The number of fused-ring (bicyclic) bond motifs is 1. The zero-order valence-corrected chi connectivity index (χ0v) is 22.9. The maximum Gasteiger partial charge on any atom is 0.334 e. The standard InChI is InChI=1S/C24H29N5O4.C3H8S/c1-26-16-23(31)28-17-22(30)27(13-12-18-6-4-3-5-7-18)15-21(28)29(26)24(32)25-14-19-8-10-20(33-2)11-9-19;1-3-4-2/h3-11,21H,12-17H2,1-2H3,(H,25,32);3H2,1-2H3. The maximum atomic E-state index is 13.1. The minimum absolute atomic E-state index is 0.0195. The number of nitrogens with zero attached hydrogens (tertiary/aromatic N) is 4. The van der Waals surface area contributed by atoms with Crippen LogP contribution < -0.4 is 10.1 Å². The topological polar surface area (TPSA) is 85.4 Å². The van der Waals surface area contributed by atoms with Crippen LogP contribution in [0.25, 0.3) is 0 Å². The minimum atomic E-state index is -0.541. The molecule has 2 saturated heterocycles. The Morgan fingerprint density at radius 1 is 1.03 bits per heavy atom. The average molecular weight is 528 g/mol. The van der Waals surface area contributed by atoms with Crippen LogP contribution in [0.2, 0.25) is 0 Å². The van der Waals surface area contributed by atoms with Gasteiger partial charge in [0.25, 0.3) is 0 Å². The summed E-state index contributed by atoms with van der Waals surface area (Å²) in [5.74, 6) is 1.73. The van der Waals surface area contributed by atoms with E-state index in [2.05, 4.69) is 18.5 Å². The summed E-state index contributed by atoms with van der Waals surface area (Å²) in [6.45, 7) is 3.32. The Morgan fingerprint density at radius 2 is 1.70 bits per heavy atom. The molecular weight excluding hydrogens is 490 g/mol. The Hall–Kier alpha value is -3.24. The Bertz CT molecular complexity index is 1030. The van der Waals surface area contributed by atoms with Gasteiger partial charge in [-0.2, -0.15) is 11.8 Å². The molecule has 200 valence electrons. The fourth-order valence-corrected chi connectivity index (χ4v) is 4.22. The number of thioether (sulfide) groups is 1. The monoisotopic (exact) mass is 527 g/mol. The van der Waals surface area contributed by atoms with Gasteiger partial charge in [0, 0.05) is 20.1 Å². The number of hydrogen-bond donors (Lipinski definition) is 1. The summed E-state index contributed by atoms with van der Waals surface area (Å²) in [6, 6.07) is 17.1. The summed E-state index contributed by atoms with van der Waals surface area (Å²) in [5, 5.41) is 6.10. The molecule has 0 aliphatic carbocycles. The number of urea groups is 1. The molecule has 0 spiro atoms. The molecule has 37 heavy (non-hydrogen) atoms. The van der Waals surface area contributed by atoms with E-state index >= 15 is 0 Å². The van der Waals surface area contributed by atoms with Gasteiger partial charge in [0.2, 0.25) is 11.8 Å². The molecule has 4 amide bonds. The predicted octanol–water partition coefficient (Wildman–Crippen LogP) is 2.68. The SMILES string of the molecule is CCSC.COc1ccc(CNC(=O)N2C3CN(CCc4ccccc4)C(=O)CN3C(=O)CN2C)cc1. The van der Waals surface area contributed by atoms with Crippen molar-refractivity contribution in [3.05, 3.63) is 65.7 Å². The molecule has 1 atom stereocenters. The number of carbonyl (C=O) groups is 3. The van der Waals surface area contributed by atoms with Gasteiger partial charge in [-0.15, -0.1) is 0 Å². The number of ether oxygens (including phenoxy) is 1. The molecule has 1 unspecified atom stereocenters. The minimum Gasteiger partial charge on any atom is -0.497 e. The Balaban J connectivity index is 0.000000886. The highest BCUT2D eigenvalue weighted by Gasteiger charge is 2.45. The summed E-state index contributed by atoms with van der Waals surface area (Å²) < 4.78 is 5.17. The fraction of sp³-hybridized carbons (Fsp3) is 0.444. The summed E-state index contributed by atoms with van der Waals surface area (Å²) in [7, 11) is 3.32. The van der Waals surface area contributed by atoms with Gasteiger partial charge in [-0.25, -0.2) is 14.8 Å². The van der Waals surface area contributed by atoms with E-state index < -0.39 is 6.17 Å². The van der Waals surface area contributed by atoms with Gasteiger partial charge in [-0.3, -0.25) is 9.59 Å². The average Bonchev–Trinajstić information content (AvgIpc) is 2.92. The third-order valence-corrected chi connectivity index (χ3v) is 6.93. The smallest absolute Gasteiger partial charge is 0.334 e. The Labute approximate surface area is 223 Å². The molecule has 2 heterocycles. The quantitative estimate of drug-likeness (QED) is 0.596. The molecule has 2 fully saturated rings. The largest absolute Gasteiger partial charge is 0.497 e. The van der Waals surface area contributed by atoms with Crippen LogP contribution in [0.4, 0.5) is 4.79 Å². The van der Waals surface area contributed by atoms with E-state index in [0.29, 0.717) is 19.5 Å². The summed E-state index contributed by atoms with van der Waals surface area (Å²) in [4.78, 5) is 41.7. The van der Waals surface area contributed by atoms with Crippen LogP contribution in [0.5, 0.6) is 5.75 Å². The number of hydrazine groups is 1. The number of piperazine rings is 1. The predicted molar refractivity (Wildman–Crippen MR) is 146 cm³/mol. The lowest BCUT2D eigenvalue weighted by Crippen LogP contribution is -2.73. The molecule has 0 aromatic heterocycles. The maximum absolute atomic E-state index is 13.1. The molecule has 2 aliphatic heterocycles. The molecule has 2 aromatic carbocycles. The first-order valence-electron chi connectivity index (χ1n) is 12.4. The molecule has 10 heteroatoms. The Morgan fingerprint density at radius 3 is 2.32 bits per heavy atom. The first-order valence-corrected chi connectivity index (χ1v) is 13.8. The summed E-state index contributed by atoms with van der Waals surface area (Å²) in [6.07, 6.45) is 2.27. The lowest BCUT2D eigenvalue weighted by molar-refractivity contribution is -0.178. The van der Waals surface area contributed by atoms with E-state index in [9.17, 15) is 14.4 Å². The third kappa shape index (κ3) is 7.62. The van der Waals surface area contributed by atoms with Gasteiger partial charge in [0.1, 0.15) is 18.5 Å². The Kier molecular flexibility index (Phi) is 10.6. The van der Waals surface area contributed by atoms with E-state index in [1.54, 1.807) is 29.1 Å². The van der Waals surface area contributed by atoms with Crippen molar-refractivity contribution >= 4 is 29.6 Å². The second-order valence-electron chi connectivity index (χ2n) is 8.82. The van der Waals surface area contributed by atoms with Gasteiger partial charge >= 0.3 is 6.03 Å². The van der Waals surface area contributed by atoms with Gasteiger partial charge in [-0.1, -0.05) is 49.4 Å². The van der Waals surface area contributed by atoms with Crippen molar-refractivity contribution in [1.29, 1.82) is 0 Å². The number of amides is 4. The second kappa shape index (κ2) is 13.9. The molecular formula is C27H37N5O4S. The van der Waals surface area contributed by atoms with Crippen molar-refractivity contribution in [3.63, 3.8) is 0 Å². The normalized spacial score (nSPS) is 17.6. The number of methoxy groups -OCH3 is 1. The van der Waals surface area contributed by atoms with Gasteiger partial charge in [-0.05, 0) is 41.7 Å². The molecule has 9 nitrogen and oxygen atoms in total. The number of benzene rings is 2. The van der Waals surface area contributed by atoms with Gasteiger partial charge in [0.05, 0.1) is 20.2 Å². The van der Waals surface area contributed by atoms with Crippen LogP contribution in [-0.2, 0) is 22.6 Å². The highest BCUT2D eigenvalue weighted by atomic mass is 32.2. The molecule has 2 aliphatic rings. The van der Waals surface area contributed by atoms with E-state index in [0.717, 1.165) is 16.9 Å². The number of likely N-dealkylation sites (N-methyl/N-ethyl adjacent to an activating group) is 1. The number of rotatable bonds is 7. The highest BCUT2D eigenvalue weighted by molar-refractivity contribution is 7.98. The van der Waals surface area contributed by atoms with Crippen molar-refractivity contribution in [3.8, 4) is 5.75 Å². The molecule has 2 aromatic rings. The fourth-order valence-electron chi connectivity index (χ4n) is 4.22. The van der Waals surface area contributed by atoms with E-state index in [1.807, 2.05) is 66.4 Å². The van der Waals surface area contributed by atoms with E-state index in [-0.39, 0.29) is 37.5 Å². The third-order valence-electron chi connectivity index (χ3n) is 6.35. The van der Waals surface area contributed by atoms with Gasteiger partial charge < -0.3 is 19.9 Å². The number of hydrogen-bond acceptors (Lipinski definition) is 6. The summed E-state index contributed by atoms with van der Waals surface area (Å²) >= 11 is 1.86. The van der Waals surface area contributed by atoms with Crippen LogP contribution in [0, 0.1) is 0 Å². The first-order chi connectivity index (χ1) is 17.9. The van der Waals surface area contributed by atoms with Crippen LogP contribution in [0.1, 0.15) is 18.1 Å². The first kappa shape index (κ1) is 28.3. The van der Waals surface area contributed by atoms with Gasteiger partial charge in [0.15, 0.2) is 0 Å². The number of carbonyl (C=O) groups excluding carboxylic acids is 3. The van der Waals surface area contributed by atoms with Crippen molar-refractivity contribution in [1.82, 2.24) is 25.1 Å². The van der Waals surface area contributed by atoms with Crippen LogP contribution >= 0.6 is 11.8 Å². The van der Waals surface area contributed by atoms with Crippen LogP contribution in [-0.4, -0.2) is 96.2 Å². The number of nitrogens with one attached hydrogen (secondary N) is 1. The molecule has 4 rings (SSSR count). The molecule has 1 N–H and O–H groups in total. The zero-order valence-electron chi connectivity index (χ0n) is 22.1. The molecule has 0 saturated carbocycles. The molecule has 0 bridgehead atoms. The van der Waals surface area contributed by atoms with E-state index in [4.69, 9.17) is 4.74 Å². The van der Waals surface area contributed by atoms with E-state index in [1.165, 1.54) is 10.7 Å². The van der Waals surface area contributed by atoms with Crippen molar-refractivity contribution in [2.75, 3.05) is 52.3 Å². The highest BCUT2D eigenvalue weighted by Crippen LogP contribution is 2.22. The second-order valence-corrected chi connectivity index (χ2v) is 9.98. The summed E-state index contributed by atoms with van der Waals surface area (Å²) in [5.41, 5.74) is 2.07. The lowest BCUT2D eigenvalue weighted by Gasteiger charge is -2.51. The van der Waals surface area contributed by atoms with Crippen molar-refractivity contribution in [2.24, 2.45) is 0 Å². The lowest BCUT2D eigenvalue weighted by atomic mass is 10.1. The van der Waals surface area contributed by atoms with Crippen LogP contribution in [0.3, 0.4) is 0 Å². The van der Waals surface area contributed by atoms with Crippen LogP contribution in [0.15, 0.2) is 54.6 Å². The van der Waals surface area contributed by atoms with Crippen molar-refractivity contribution < 1.29 is 19.1 Å². The molecule has 0 radical (unpaired) electrons. The van der Waals surface area contributed by atoms with Crippen molar-refractivity contribution in [2.45, 2.75) is 26.1 Å².